The first kappa shape index (κ1) is 23.3. The van der Waals surface area contributed by atoms with Gasteiger partial charge in [0.2, 0.25) is 10.0 Å². The maximum Gasteiger partial charge on any atom is 0.268 e. The van der Waals surface area contributed by atoms with E-state index in [0.717, 1.165) is 44.5 Å². The molecule has 1 aromatic carbocycles. The van der Waals surface area contributed by atoms with Gasteiger partial charge in [-0.05, 0) is 49.8 Å². The zero-order valence-corrected chi connectivity index (χ0v) is 20.0. The lowest BCUT2D eigenvalue weighted by atomic mass is 10.0. The molecule has 2 saturated heterocycles. The number of nitrogens with one attached hydrogen (secondary N) is 1. The van der Waals surface area contributed by atoms with Crippen molar-refractivity contribution in [2.24, 2.45) is 13.0 Å². The van der Waals surface area contributed by atoms with Gasteiger partial charge in [0, 0.05) is 45.5 Å². The van der Waals surface area contributed by atoms with Gasteiger partial charge in [-0.25, -0.2) is 8.42 Å². The lowest BCUT2D eigenvalue weighted by molar-refractivity contribution is 0.0923. The molecule has 0 radical (unpaired) electrons. The van der Waals surface area contributed by atoms with E-state index in [4.69, 9.17) is 0 Å². The smallest absolute Gasteiger partial charge is 0.268 e. The van der Waals surface area contributed by atoms with Crippen molar-refractivity contribution in [1.29, 1.82) is 5.26 Å². The summed E-state index contributed by atoms with van der Waals surface area (Å²) in [6.07, 6.45) is 4.94. The van der Waals surface area contributed by atoms with E-state index < -0.39 is 10.0 Å². The molecule has 2 aliphatic rings. The predicted octanol–water partition coefficient (Wildman–Crippen LogP) is 2.72. The maximum absolute atomic E-state index is 13.1. The fourth-order valence-electron chi connectivity index (χ4n) is 4.78. The van der Waals surface area contributed by atoms with E-state index in [1.165, 1.54) is 16.6 Å². The molecule has 3 heterocycles. The molecule has 2 aliphatic heterocycles. The highest BCUT2D eigenvalue weighted by Gasteiger charge is 2.31. The monoisotopic (exact) mass is 469 g/mol. The number of hydrogen-bond acceptors (Lipinski definition) is 5. The Morgan fingerprint density at radius 3 is 2.58 bits per heavy atom. The molecule has 176 valence electrons. The molecule has 8 nitrogen and oxygen atoms in total. The number of sulfonamides is 1. The SMILES string of the molecule is CC1CCCN(S(=O)(=O)c2cc(C(=O)NC3CCN(c4ccccc4C#N)CC3)n(C)c2)C1. The van der Waals surface area contributed by atoms with E-state index in [2.05, 4.69) is 23.2 Å². The molecule has 1 unspecified atom stereocenters. The van der Waals surface area contributed by atoms with Crippen LogP contribution >= 0.6 is 0 Å². The second-order valence-electron chi connectivity index (χ2n) is 9.15. The van der Waals surface area contributed by atoms with E-state index >= 15 is 0 Å². The minimum Gasteiger partial charge on any atom is -0.370 e. The Morgan fingerprint density at radius 2 is 1.88 bits per heavy atom. The number of nitriles is 1. The maximum atomic E-state index is 13.1. The number of carbonyl (C=O) groups is 1. The summed E-state index contributed by atoms with van der Waals surface area (Å²) in [4.78, 5) is 15.3. The average Bonchev–Trinajstić information content (AvgIpc) is 3.22. The summed E-state index contributed by atoms with van der Waals surface area (Å²) in [6.45, 7) is 4.59. The van der Waals surface area contributed by atoms with Crippen molar-refractivity contribution >= 4 is 21.6 Å². The summed E-state index contributed by atoms with van der Waals surface area (Å²) in [5.41, 5.74) is 1.92. The Labute approximate surface area is 195 Å². The number of aromatic nitrogens is 1. The minimum atomic E-state index is -3.61. The number of anilines is 1. The highest BCUT2D eigenvalue weighted by molar-refractivity contribution is 7.89. The molecule has 0 bridgehead atoms. The predicted molar refractivity (Wildman–Crippen MR) is 126 cm³/mol. The van der Waals surface area contributed by atoms with Gasteiger partial charge in [0.05, 0.1) is 11.3 Å². The molecule has 1 aromatic heterocycles. The second kappa shape index (κ2) is 9.57. The van der Waals surface area contributed by atoms with Crippen LogP contribution in [0.5, 0.6) is 0 Å². The molecular formula is C24H31N5O3S. The molecule has 2 aromatic rings. The largest absolute Gasteiger partial charge is 0.370 e. The minimum absolute atomic E-state index is 0.000833. The third-order valence-electron chi connectivity index (χ3n) is 6.67. The van der Waals surface area contributed by atoms with Gasteiger partial charge in [-0.1, -0.05) is 19.1 Å². The van der Waals surface area contributed by atoms with Gasteiger partial charge in [0.15, 0.2) is 0 Å². The molecule has 1 N–H and O–H groups in total. The molecular weight excluding hydrogens is 438 g/mol. The number of benzene rings is 1. The van der Waals surface area contributed by atoms with Gasteiger partial charge < -0.3 is 14.8 Å². The van der Waals surface area contributed by atoms with Gasteiger partial charge >= 0.3 is 0 Å². The van der Waals surface area contributed by atoms with Crippen LogP contribution in [0, 0.1) is 17.2 Å². The van der Waals surface area contributed by atoms with E-state index in [-0.39, 0.29) is 16.8 Å². The fourth-order valence-corrected chi connectivity index (χ4v) is 6.45. The Bertz CT molecular complexity index is 1160. The van der Waals surface area contributed by atoms with Crippen LogP contribution in [0.3, 0.4) is 0 Å². The normalized spacial score (nSPS) is 20.4. The number of amides is 1. The van der Waals surface area contributed by atoms with Crippen molar-refractivity contribution in [2.75, 3.05) is 31.1 Å². The lowest BCUT2D eigenvalue weighted by Crippen LogP contribution is -2.45. The van der Waals surface area contributed by atoms with Crippen LogP contribution in [0.25, 0.3) is 0 Å². The van der Waals surface area contributed by atoms with Crippen molar-refractivity contribution in [3.63, 3.8) is 0 Å². The summed E-state index contributed by atoms with van der Waals surface area (Å²) in [7, 11) is -1.91. The number of para-hydroxylation sites is 1. The Hall–Kier alpha value is -2.83. The molecule has 33 heavy (non-hydrogen) atoms. The van der Waals surface area contributed by atoms with E-state index in [9.17, 15) is 18.5 Å². The van der Waals surface area contributed by atoms with Crippen LogP contribution in [0.1, 0.15) is 48.7 Å². The Kier molecular flexibility index (Phi) is 6.77. The number of nitrogens with zero attached hydrogens (tertiary/aromatic N) is 4. The molecule has 2 fully saturated rings. The number of aryl methyl sites for hydroxylation is 1. The molecule has 4 rings (SSSR count). The molecule has 0 spiro atoms. The first-order valence-electron chi connectivity index (χ1n) is 11.5. The van der Waals surface area contributed by atoms with Crippen LogP contribution in [-0.4, -0.2) is 55.4 Å². The summed E-state index contributed by atoms with van der Waals surface area (Å²) < 4.78 is 29.3. The molecule has 1 amide bonds. The molecule has 9 heteroatoms. The fraction of sp³-hybridized carbons (Fsp3) is 0.500. The molecule has 0 aliphatic carbocycles. The van der Waals surface area contributed by atoms with E-state index in [1.54, 1.807) is 11.6 Å². The van der Waals surface area contributed by atoms with E-state index in [0.29, 0.717) is 30.3 Å². The summed E-state index contributed by atoms with van der Waals surface area (Å²) >= 11 is 0. The van der Waals surface area contributed by atoms with Crippen molar-refractivity contribution < 1.29 is 13.2 Å². The average molecular weight is 470 g/mol. The van der Waals surface area contributed by atoms with Gasteiger partial charge in [0.1, 0.15) is 16.7 Å². The van der Waals surface area contributed by atoms with Crippen LogP contribution in [0.15, 0.2) is 41.4 Å². The van der Waals surface area contributed by atoms with Crippen LogP contribution < -0.4 is 10.2 Å². The third kappa shape index (κ3) is 4.92. The van der Waals surface area contributed by atoms with Gasteiger partial charge in [-0.3, -0.25) is 4.79 Å². The Balaban J connectivity index is 1.40. The zero-order valence-electron chi connectivity index (χ0n) is 19.2. The number of hydrogen-bond donors (Lipinski definition) is 1. The summed E-state index contributed by atoms with van der Waals surface area (Å²) in [5.74, 6) is 0.0767. The standard InChI is InChI=1S/C24H31N5O3S/c1-18-6-5-11-29(16-18)33(31,32)21-14-23(27(2)17-21)24(30)26-20-9-12-28(13-10-20)22-8-4-3-7-19(22)15-25/h3-4,7-8,14,17-18,20H,5-6,9-13,16H2,1-2H3,(H,26,30). The first-order valence-corrected chi connectivity index (χ1v) is 12.9. The van der Waals surface area contributed by atoms with Gasteiger partial charge in [0.25, 0.3) is 5.91 Å². The third-order valence-corrected chi connectivity index (χ3v) is 8.50. The number of carbonyl (C=O) groups excluding carboxylic acids is 1. The van der Waals surface area contributed by atoms with Crippen molar-refractivity contribution in [2.45, 2.75) is 43.5 Å². The summed E-state index contributed by atoms with van der Waals surface area (Å²) in [6, 6.07) is 11.3. The topological polar surface area (TPSA) is 98.4 Å². The highest BCUT2D eigenvalue weighted by Crippen LogP contribution is 2.26. The Morgan fingerprint density at radius 1 is 1.15 bits per heavy atom. The highest BCUT2D eigenvalue weighted by atomic mass is 32.2. The molecule has 1 atom stereocenters. The summed E-state index contributed by atoms with van der Waals surface area (Å²) in [5, 5.41) is 12.4. The van der Waals surface area contributed by atoms with Crippen LogP contribution in [0.2, 0.25) is 0 Å². The van der Waals surface area contributed by atoms with E-state index in [1.807, 2.05) is 24.3 Å². The van der Waals surface area contributed by atoms with Crippen molar-refractivity contribution in [3.05, 3.63) is 47.8 Å². The van der Waals surface area contributed by atoms with Crippen molar-refractivity contribution in [3.8, 4) is 6.07 Å². The number of rotatable bonds is 5. The number of piperidine rings is 2. The first-order chi connectivity index (χ1) is 15.8. The lowest BCUT2D eigenvalue weighted by Gasteiger charge is -2.34. The van der Waals surface area contributed by atoms with Crippen LogP contribution in [0.4, 0.5) is 5.69 Å². The molecule has 0 saturated carbocycles. The zero-order chi connectivity index (χ0) is 23.6. The van der Waals surface area contributed by atoms with Crippen LogP contribution in [-0.2, 0) is 17.1 Å². The van der Waals surface area contributed by atoms with Crippen molar-refractivity contribution in [1.82, 2.24) is 14.2 Å². The second-order valence-corrected chi connectivity index (χ2v) is 11.1. The van der Waals surface area contributed by atoms with Gasteiger partial charge in [-0.2, -0.15) is 9.57 Å². The quantitative estimate of drug-likeness (QED) is 0.726. The van der Waals surface area contributed by atoms with Gasteiger partial charge in [-0.15, -0.1) is 0 Å².